The number of para-hydroxylation sites is 4. The van der Waals surface area contributed by atoms with Crippen LogP contribution in [0.25, 0.3) is 11.0 Å². The Morgan fingerprint density at radius 1 is 1.10 bits per heavy atom. The van der Waals surface area contributed by atoms with Crippen LogP contribution in [-0.4, -0.2) is 28.4 Å². The highest BCUT2D eigenvalue weighted by molar-refractivity contribution is 7.99. The summed E-state index contributed by atoms with van der Waals surface area (Å²) in [5, 5.41) is 0.915. The molecule has 5 heteroatoms. The Kier molecular flexibility index (Phi) is 3.20. The SMILES string of the molecule is c1ccc2c(c1)OCC(CSc1nc3ccccc3[nH]1)O2. The maximum Gasteiger partial charge on any atom is 0.166 e. The lowest BCUT2D eigenvalue weighted by Gasteiger charge is -2.25. The van der Waals surface area contributed by atoms with Crippen molar-refractivity contribution in [1.82, 2.24) is 9.97 Å². The molecule has 0 fully saturated rings. The van der Waals surface area contributed by atoms with Crippen LogP contribution in [0.15, 0.2) is 53.7 Å². The Bertz CT molecular complexity index is 739. The molecule has 0 bridgehead atoms. The second-order valence-corrected chi connectivity index (χ2v) is 5.88. The number of nitrogens with one attached hydrogen (secondary N) is 1. The predicted octanol–water partition coefficient (Wildman–Crippen LogP) is 3.50. The molecule has 0 spiro atoms. The summed E-state index contributed by atoms with van der Waals surface area (Å²) in [7, 11) is 0. The van der Waals surface area contributed by atoms with E-state index >= 15 is 0 Å². The number of rotatable bonds is 3. The van der Waals surface area contributed by atoms with Crippen LogP contribution in [0, 0.1) is 0 Å². The molecule has 21 heavy (non-hydrogen) atoms. The number of nitrogens with zero attached hydrogens (tertiary/aromatic N) is 1. The van der Waals surface area contributed by atoms with E-state index in [4.69, 9.17) is 9.47 Å². The lowest BCUT2D eigenvalue weighted by Crippen LogP contribution is -2.31. The number of benzene rings is 2. The van der Waals surface area contributed by atoms with E-state index in [0.717, 1.165) is 33.4 Å². The largest absolute Gasteiger partial charge is 0.486 e. The van der Waals surface area contributed by atoms with Gasteiger partial charge in [-0.25, -0.2) is 4.98 Å². The third-order valence-electron chi connectivity index (χ3n) is 3.34. The molecule has 0 saturated heterocycles. The monoisotopic (exact) mass is 298 g/mol. The molecular weight excluding hydrogens is 284 g/mol. The van der Waals surface area contributed by atoms with Gasteiger partial charge in [0.1, 0.15) is 12.7 Å². The molecule has 0 amide bonds. The van der Waals surface area contributed by atoms with Crippen molar-refractivity contribution in [3.63, 3.8) is 0 Å². The standard InChI is InChI=1S/C16H14N2O2S/c1-2-6-13-12(5-1)17-16(18-13)21-10-11-9-19-14-7-3-4-8-15(14)20-11/h1-8,11H,9-10H2,(H,17,18). The fourth-order valence-corrected chi connectivity index (χ4v) is 3.17. The first kappa shape index (κ1) is 12.6. The molecule has 4 nitrogen and oxygen atoms in total. The number of aromatic amines is 1. The quantitative estimate of drug-likeness (QED) is 0.752. The number of H-pyrrole nitrogens is 1. The third kappa shape index (κ3) is 2.56. The number of imidazole rings is 1. The smallest absolute Gasteiger partial charge is 0.166 e. The Labute approximate surface area is 126 Å². The summed E-state index contributed by atoms with van der Waals surface area (Å²) in [5.74, 6) is 2.44. The van der Waals surface area contributed by atoms with E-state index in [9.17, 15) is 0 Å². The highest BCUT2D eigenvalue weighted by Crippen LogP contribution is 2.32. The molecule has 4 rings (SSSR count). The second kappa shape index (κ2) is 5.33. The van der Waals surface area contributed by atoms with Crippen molar-refractivity contribution < 1.29 is 9.47 Å². The molecule has 2 aromatic carbocycles. The van der Waals surface area contributed by atoms with Gasteiger partial charge in [0.25, 0.3) is 0 Å². The van der Waals surface area contributed by atoms with Crippen LogP contribution in [0.2, 0.25) is 0 Å². The summed E-state index contributed by atoms with van der Waals surface area (Å²) in [5.41, 5.74) is 2.05. The average Bonchev–Trinajstić information content (AvgIpc) is 2.95. The zero-order valence-electron chi connectivity index (χ0n) is 11.3. The van der Waals surface area contributed by atoms with E-state index in [1.807, 2.05) is 48.5 Å². The molecule has 1 aromatic heterocycles. The van der Waals surface area contributed by atoms with Gasteiger partial charge < -0.3 is 14.5 Å². The number of aromatic nitrogens is 2. The Balaban J connectivity index is 1.43. The van der Waals surface area contributed by atoms with Crippen molar-refractivity contribution in [2.75, 3.05) is 12.4 Å². The van der Waals surface area contributed by atoms with Gasteiger partial charge in [0.05, 0.1) is 11.0 Å². The molecule has 0 radical (unpaired) electrons. The summed E-state index contributed by atoms with van der Waals surface area (Å²) >= 11 is 1.66. The zero-order chi connectivity index (χ0) is 14.1. The topological polar surface area (TPSA) is 47.1 Å². The maximum atomic E-state index is 5.94. The molecule has 106 valence electrons. The fourth-order valence-electron chi connectivity index (χ4n) is 2.31. The van der Waals surface area contributed by atoms with Gasteiger partial charge in [-0.3, -0.25) is 0 Å². The van der Waals surface area contributed by atoms with Gasteiger partial charge in [0.15, 0.2) is 16.7 Å². The lowest BCUT2D eigenvalue weighted by molar-refractivity contribution is 0.107. The maximum absolute atomic E-state index is 5.94. The van der Waals surface area contributed by atoms with Crippen LogP contribution >= 0.6 is 11.8 Å². The molecule has 1 aliphatic heterocycles. The summed E-state index contributed by atoms with van der Waals surface area (Å²) in [6, 6.07) is 15.8. The van der Waals surface area contributed by atoms with Crippen LogP contribution in [-0.2, 0) is 0 Å². The van der Waals surface area contributed by atoms with Gasteiger partial charge in [0.2, 0.25) is 0 Å². The molecule has 1 unspecified atom stereocenters. The van der Waals surface area contributed by atoms with Gasteiger partial charge >= 0.3 is 0 Å². The van der Waals surface area contributed by atoms with Gasteiger partial charge in [-0.1, -0.05) is 36.0 Å². The van der Waals surface area contributed by atoms with Crippen LogP contribution in [0.4, 0.5) is 0 Å². The number of hydrogen-bond acceptors (Lipinski definition) is 4. The van der Waals surface area contributed by atoms with Crippen LogP contribution in [0.5, 0.6) is 11.5 Å². The highest BCUT2D eigenvalue weighted by Gasteiger charge is 2.21. The minimum Gasteiger partial charge on any atom is -0.486 e. The first-order valence-corrected chi connectivity index (χ1v) is 7.83. The van der Waals surface area contributed by atoms with Crippen molar-refractivity contribution >= 4 is 22.8 Å². The molecule has 1 N–H and O–H groups in total. The van der Waals surface area contributed by atoms with E-state index < -0.39 is 0 Å². The van der Waals surface area contributed by atoms with E-state index in [-0.39, 0.29) is 6.10 Å². The van der Waals surface area contributed by atoms with Gasteiger partial charge in [0, 0.05) is 5.75 Å². The predicted molar refractivity (Wildman–Crippen MR) is 83.2 cm³/mol. The molecule has 2 heterocycles. The minimum atomic E-state index is 0.0399. The fraction of sp³-hybridized carbons (Fsp3) is 0.188. The van der Waals surface area contributed by atoms with Crippen LogP contribution in [0.1, 0.15) is 0 Å². The Hall–Kier alpha value is -2.14. The van der Waals surface area contributed by atoms with Crippen molar-refractivity contribution in [3.8, 4) is 11.5 Å². The molecule has 0 saturated carbocycles. The van der Waals surface area contributed by atoms with E-state index in [0.29, 0.717) is 6.61 Å². The third-order valence-corrected chi connectivity index (χ3v) is 4.35. The van der Waals surface area contributed by atoms with E-state index in [2.05, 4.69) is 9.97 Å². The highest BCUT2D eigenvalue weighted by atomic mass is 32.2. The van der Waals surface area contributed by atoms with Crippen molar-refractivity contribution in [2.24, 2.45) is 0 Å². The van der Waals surface area contributed by atoms with Gasteiger partial charge in [-0.15, -0.1) is 0 Å². The summed E-state index contributed by atoms with van der Waals surface area (Å²) < 4.78 is 11.7. The summed E-state index contributed by atoms with van der Waals surface area (Å²) in [6.07, 6.45) is 0.0399. The van der Waals surface area contributed by atoms with Crippen molar-refractivity contribution in [3.05, 3.63) is 48.5 Å². The average molecular weight is 298 g/mol. The number of ether oxygens (including phenoxy) is 2. The van der Waals surface area contributed by atoms with Gasteiger partial charge in [-0.05, 0) is 24.3 Å². The van der Waals surface area contributed by atoms with E-state index in [1.165, 1.54) is 0 Å². The molecule has 1 aliphatic rings. The molecule has 3 aromatic rings. The van der Waals surface area contributed by atoms with Crippen molar-refractivity contribution in [1.29, 1.82) is 0 Å². The van der Waals surface area contributed by atoms with Gasteiger partial charge in [-0.2, -0.15) is 0 Å². The Morgan fingerprint density at radius 2 is 1.90 bits per heavy atom. The number of fused-ring (bicyclic) bond motifs is 2. The van der Waals surface area contributed by atoms with Crippen molar-refractivity contribution in [2.45, 2.75) is 11.3 Å². The minimum absolute atomic E-state index is 0.0399. The second-order valence-electron chi connectivity index (χ2n) is 4.87. The summed E-state index contributed by atoms with van der Waals surface area (Å²) in [6.45, 7) is 0.574. The summed E-state index contributed by atoms with van der Waals surface area (Å²) in [4.78, 5) is 7.86. The van der Waals surface area contributed by atoms with Crippen LogP contribution < -0.4 is 9.47 Å². The molecule has 1 atom stereocenters. The zero-order valence-corrected chi connectivity index (χ0v) is 12.1. The first-order valence-electron chi connectivity index (χ1n) is 6.84. The molecular formula is C16H14N2O2S. The number of hydrogen-bond donors (Lipinski definition) is 1. The van der Waals surface area contributed by atoms with Crippen LogP contribution in [0.3, 0.4) is 0 Å². The molecule has 0 aliphatic carbocycles. The van der Waals surface area contributed by atoms with E-state index in [1.54, 1.807) is 11.8 Å². The number of thioether (sulfide) groups is 1. The Morgan fingerprint density at radius 3 is 2.81 bits per heavy atom. The lowest BCUT2D eigenvalue weighted by atomic mass is 10.3. The first-order chi connectivity index (χ1) is 10.4. The normalized spacial score (nSPS) is 17.0.